The van der Waals surface area contributed by atoms with Gasteiger partial charge in [0, 0.05) is 9.40 Å². The van der Waals surface area contributed by atoms with Crippen LogP contribution in [0.1, 0.15) is 0 Å². The van der Waals surface area contributed by atoms with Crippen LogP contribution in [0.4, 0.5) is 0 Å². The lowest BCUT2D eigenvalue weighted by atomic mass is 10.3. The Morgan fingerprint density at radius 2 is 1.30 bits per heavy atom. The lowest BCUT2D eigenvalue weighted by Crippen LogP contribution is -2.52. The number of fused-ring (bicyclic) bond motifs is 2. The molecule has 2 heterocycles. The average molecular weight is 403 g/mol. The van der Waals surface area contributed by atoms with E-state index in [2.05, 4.69) is 109 Å². The molecule has 0 radical (unpaired) electrons. The number of hydrogen-bond donors (Lipinski definition) is 0. The molecule has 0 saturated heterocycles. The van der Waals surface area contributed by atoms with Crippen LogP contribution in [0, 0.1) is 0 Å². The molecular formula is C24H22S2Si. The standard InChI is InChI=1S/C16H16SSi.C8H6S/c1-18(2,13-8-4-3-5-9-13)16-12-17-15-11-7-6-10-14(15)16;1-2-4-8-7(3-1)5-6-9-8/h3-12H,1-2H3;1-6H. The predicted molar refractivity (Wildman–Crippen MR) is 127 cm³/mol. The van der Waals surface area contributed by atoms with Gasteiger partial charge in [0.05, 0.1) is 0 Å². The van der Waals surface area contributed by atoms with Crippen LogP contribution in [0.2, 0.25) is 13.1 Å². The largest absolute Gasteiger partial charge is 0.144 e. The molecule has 0 spiro atoms. The van der Waals surface area contributed by atoms with Crippen LogP contribution in [0.25, 0.3) is 20.2 Å². The summed E-state index contributed by atoms with van der Waals surface area (Å²) in [5.74, 6) is 0. The highest BCUT2D eigenvalue weighted by atomic mass is 32.1. The van der Waals surface area contributed by atoms with Crippen molar-refractivity contribution in [1.82, 2.24) is 0 Å². The van der Waals surface area contributed by atoms with Gasteiger partial charge in [-0.3, -0.25) is 0 Å². The molecule has 0 amide bonds. The third-order valence-electron chi connectivity index (χ3n) is 5.01. The number of benzene rings is 3. The van der Waals surface area contributed by atoms with Crippen molar-refractivity contribution in [3.8, 4) is 0 Å². The van der Waals surface area contributed by atoms with E-state index < -0.39 is 8.07 Å². The molecule has 0 unspecified atom stereocenters. The summed E-state index contributed by atoms with van der Waals surface area (Å²) in [6.07, 6.45) is 0. The maximum absolute atomic E-state index is 2.44. The first-order valence-corrected chi connectivity index (χ1v) is 13.9. The molecule has 5 aromatic rings. The fraction of sp³-hybridized carbons (Fsp3) is 0.0833. The highest BCUT2D eigenvalue weighted by molar-refractivity contribution is 7.20. The Hall–Kier alpha value is -2.20. The van der Waals surface area contributed by atoms with E-state index in [1.54, 1.807) is 16.5 Å². The second-order valence-electron chi connectivity index (χ2n) is 7.09. The van der Waals surface area contributed by atoms with Gasteiger partial charge in [0.15, 0.2) is 0 Å². The second kappa shape index (κ2) is 7.81. The van der Waals surface area contributed by atoms with Crippen molar-refractivity contribution in [1.29, 1.82) is 0 Å². The van der Waals surface area contributed by atoms with Crippen LogP contribution < -0.4 is 10.4 Å². The third kappa shape index (κ3) is 3.77. The fourth-order valence-corrected chi connectivity index (χ4v) is 8.68. The van der Waals surface area contributed by atoms with Gasteiger partial charge in [-0.15, -0.1) is 22.7 Å². The first kappa shape index (κ1) is 18.2. The molecule has 0 saturated carbocycles. The zero-order chi connectivity index (χ0) is 18.7. The summed E-state index contributed by atoms with van der Waals surface area (Å²) in [7, 11) is -1.56. The van der Waals surface area contributed by atoms with Crippen molar-refractivity contribution in [2.24, 2.45) is 0 Å². The number of thiophene rings is 2. The van der Waals surface area contributed by atoms with E-state index in [0.717, 1.165) is 0 Å². The van der Waals surface area contributed by atoms with E-state index >= 15 is 0 Å². The van der Waals surface area contributed by atoms with Gasteiger partial charge in [-0.05, 0) is 44.9 Å². The van der Waals surface area contributed by atoms with E-state index in [1.165, 1.54) is 25.4 Å². The van der Waals surface area contributed by atoms with E-state index in [4.69, 9.17) is 0 Å². The molecule has 134 valence electrons. The van der Waals surface area contributed by atoms with Crippen LogP contribution in [-0.4, -0.2) is 8.07 Å². The summed E-state index contributed by atoms with van der Waals surface area (Å²) >= 11 is 3.66. The summed E-state index contributed by atoms with van der Waals surface area (Å²) < 4.78 is 2.78. The molecule has 0 atom stereocenters. The Labute approximate surface area is 169 Å². The average Bonchev–Trinajstić information content (AvgIpc) is 3.36. The van der Waals surface area contributed by atoms with E-state index in [-0.39, 0.29) is 0 Å². The Kier molecular flexibility index (Phi) is 5.26. The quantitative estimate of drug-likeness (QED) is 0.291. The molecule has 0 aliphatic rings. The van der Waals surface area contributed by atoms with Gasteiger partial charge < -0.3 is 0 Å². The van der Waals surface area contributed by atoms with E-state index in [9.17, 15) is 0 Å². The van der Waals surface area contributed by atoms with Crippen molar-refractivity contribution in [2.45, 2.75) is 13.1 Å². The predicted octanol–water partition coefficient (Wildman–Crippen LogP) is 6.63. The zero-order valence-electron chi connectivity index (χ0n) is 15.6. The van der Waals surface area contributed by atoms with Crippen molar-refractivity contribution >= 4 is 61.3 Å². The molecule has 3 heteroatoms. The normalized spacial score (nSPS) is 11.3. The molecule has 27 heavy (non-hydrogen) atoms. The minimum atomic E-state index is -1.56. The maximum Gasteiger partial charge on any atom is 0.114 e. The Bertz CT molecular complexity index is 1120. The van der Waals surface area contributed by atoms with Gasteiger partial charge in [-0.25, -0.2) is 0 Å². The minimum Gasteiger partial charge on any atom is -0.144 e. The highest BCUT2D eigenvalue weighted by Crippen LogP contribution is 2.22. The number of hydrogen-bond acceptors (Lipinski definition) is 2. The van der Waals surface area contributed by atoms with Crippen LogP contribution in [0.5, 0.6) is 0 Å². The summed E-state index contributed by atoms with van der Waals surface area (Å²) in [5.41, 5.74) is 0. The van der Waals surface area contributed by atoms with Crippen LogP contribution in [-0.2, 0) is 0 Å². The molecule has 0 aliphatic carbocycles. The fourth-order valence-electron chi connectivity index (χ4n) is 3.38. The Morgan fingerprint density at radius 1 is 0.630 bits per heavy atom. The lowest BCUT2D eigenvalue weighted by molar-refractivity contribution is 1.71. The van der Waals surface area contributed by atoms with Gasteiger partial charge in [0.2, 0.25) is 0 Å². The van der Waals surface area contributed by atoms with Crippen molar-refractivity contribution in [3.05, 3.63) is 95.7 Å². The third-order valence-corrected chi connectivity index (χ3v) is 10.6. The van der Waals surface area contributed by atoms with Gasteiger partial charge in [-0.1, -0.05) is 85.0 Å². The smallest absolute Gasteiger partial charge is 0.114 e. The lowest BCUT2D eigenvalue weighted by Gasteiger charge is -2.22. The Balaban J connectivity index is 0.000000167. The van der Waals surface area contributed by atoms with Crippen LogP contribution in [0.3, 0.4) is 0 Å². The Morgan fingerprint density at radius 3 is 2.07 bits per heavy atom. The van der Waals surface area contributed by atoms with Gasteiger partial charge in [0.1, 0.15) is 8.07 Å². The van der Waals surface area contributed by atoms with Gasteiger partial charge >= 0.3 is 0 Å². The summed E-state index contributed by atoms with van der Waals surface area (Å²) in [6, 6.07) is 30.2. The topological polar surface area (TPSA) is 0 Å². The highest BCUT2D eigenvalue weighted by Gasteiger charge is 2.28. The van der Waals surface area contributed by atoms with Gasteiger partial charge in [-0.2, -0.15) is 0 Å². The molecule has 0 bridgehead atoms. The van der Waals surface area contributed by atoms with Crippen molar-refractivity contribution < 1.29 is 0 Å². The maximum atomic E-state index is 2.44. The SMILES string of the molecule is C[Si](C)(c1ccccc1)c1csc2ccccc12.c1ccc2sccc2c1. The van der Waals surface area contributed by atoms with Crippen LogP contribution in [0.15, 0.2) is 95.7 Å². The molecule has 0 fully saturated rings. The van der Waals surface area contributed by atoms with Gasteiger partial charge in [0.25, 0.3) is 0 Å². The number of rotatable bonds is 2. The molecule has 0 aliphatic heterocycles. The molecule has 0 nitrogen and oxygen atoms in total. The van der Waals surface area contributed by atoms with E-state index in [0.29, 0.717) is 0 Å². The molecule has 2 aromatic heterocycles. The summed E-state index contributed by atoms with van der Waals surface area (Å²) in [6.45, 7) is 4.88. The monoisotopic (exact) mass is 402 g/mol. The second-order valence-corrected chi connectivity index (χ2v) is 13.3. The molecule has 5 rings (SSSR count). The van der Waals surface area contributed by atoms with Crippen LogP contribution >= 0.6 is 22.7 Å². The molecule has 0 N–H and O–H groups in total. The van der Waals surface area contributed by atoms with Crippen molar-refractivity contribution in [2.75, 3.05) is 0 Å². The van der Waals surface area contributed by atoms with Crippen molar-refractivity contribution in [3.63, 3.8) is 0 Å². The van der Waals surface area contributed by atoms with E-state index in [1.807, 2.05) is 11.3 Å². The minimum absolute atomic E-state index is 1.35. The molecule has 3 aromatic carbocycles. The molecular weight excluding hydrogens is 380 g/mol. The zero-order valence-corrected chi connectivity index (χ0v) is 18.2. The summed E-state index contributed by atoms with van der Waals surface area (Å²) in [4.78, 5) is 0. The first-order chi connectivity index (χ1) is 13.2. The summed E-state index contributed by atoms with van der Waals surface area (Å²) in [5, 5.41) is 10.3. The first-order valence-electron chi connectivity index (χ1n) is 9.11.